The highest BCUT2D eigenvalue weighted by Gasteiger charge is 2.26. The predicted octanol–water partition coefficient (Wildman–Crippen LogP) is 2.02. The van der Waals surface area contributed by atoms with E-state index in [2.05, 4.69) is 15.4 Å². The van der Waals surface area contributed by atoms with Crippen LogP contribution in [0, 0.1) is 0 Å². The molecule has 0 spiro atoms. The Morgan fingerprint density at radius 2 is 1.81 bits per heavy atom. The number of aromatic hydroxyl groups is 1. The van der Waals surface area contributed by atoms with Crippen molar-refractivity contribution in [3.63, 3.8) is 0 Å². The minimum Gasteiger partial charge on any atom is -0.507 e. The number of hydrogen-bond acceptors (Lipinski definition) is 6. The fraction of sp³-hybridized carbons (Fsp3) is 0.250. The molecule has 1 saturated heterocycles. The number of phenols is 1. The Morgan fingerprint density at radius 1 is 1.16 bits per heavy atom. The SMILES string of the molecule is CCc1cc(N2CCC(=O)NC2=O)cc(C(=O)Nc2ccc(NS(C)(=O)=O)cc2)c1O. The minimum atomic E-state index is -3.42. The van der Waals surface area contributed by atoms with Crippen LogP contribution in [-0.2, 0) is 21.2 Å². The Balaban J connectivity index is 1.86. The van der Waals surface area contributed by atoms with Crippen molar-refractivity contribution in [2.24, 2.45) is 0 Å². The maximum absolute atomic E-state index is 12.8. The topological polar surface area (TPSA) is 145 Å². The number of nitrogens with zero attached hydrogens (tertiary/aromatic N) is 1. The number of hydrogen-bond donors (Lipinski definition) is 4. The van der Waals surface area contributed by atoms with Crippen molar-refractivity contribution in [1.82, 2.24) is 5.32 Å². The number of carbonyl (C=O) groups excluding carboxylic acids is 3. The van der Waals surface area contributed by atoms with Crippen LogP contribution in [0.4, 0.5) is 21.9 Å². The van der Waals surface area contributed by atoms with Gasteiger partial charge < -0.3 is 10.4 Å². The Morgan fingerprint density at radius 3 is 2.39 bits per heavy atom. The summed E-state index contributed by atoms with van der Waals surface area (Å²) < 4.78 is 24.9. The quantitative estimate of drug-likeness (QED) is 0.534. The van der Waals surface area contributed by atoms with Gasteiger partial charge in [0.1, 0.15) is 5.75 Å². The summed E-state index contributed by atoms with van der Waals surface area (Å²) in [6.07, 6.45) is 1.58. The molecule has 2 aromatic rings. The third-order valence-corrected chi connectivity index (χ3v) is 5.22. The zero-order chi connectivity index (χ0) is 22.8. The molecule has 164 valence electrons. The lowest BCUT2D eigenvalue weighted by Gasteiger charge is -2.27. The number of urea groups is 1. The summed E-state index contributed by atoms with van der Waals surface area (Å²) in [5, 5.41) is 15.4. The zero-order valence-corrected chi connectivity index (χ0v) is 17.7. The molecule has 10 nitrogen and oxygen atoms in total. The van der Waals surface area contributed by atoms with Crippen molar-refractivity contribution in [2.45, 2.75) is 19.8 Å². The van der Waals surface area contributed by atoms with E-state index >= 15 is 0 Å². The molecule has 0 radical (unpaired) electrons. The smallest absolute Gasteiger partial charge is 0.328 e. The molecular formula is C20H22N4O6S. The molecule has 0 atom stereocenters. The van der Waals surface area contributed by atoms with E-state index in [0.29, 0.717) is 29.0 Å². The second-order valence-corrected chi connectivity index (χ2v) is 8.76. The lowest BCUT2D eigenvalue weighted by Crippen LogP contribution is -2.49. The molecule has 4 amide bonds. The maximum atomic E-state index is 12.8. The predicted molar refractivity (Wildman–Crippen MR) is 116 cm³/mol. The third kappa shape index (κ3) is 5.31. The van der Waals surface area contributed by atoms with Crippen LogP contribution in [0.5, 0.6) is 5.75 Å². The van der Waals surface area contributed by atoms with Crippen LogP contribution in [0.25, 0.3) is 0 Å². The first-order valence-electron chi connectivity index (χ1n) is 9.44. The number of carbonyl (C=O) groups is 3. The van der Waals surface area contributed by atoms with Crippen molar-refractivity contribution < 1.29 is 27.9 Å². The first-order valence-corrected chi connectivity index (χ1v) is 11.3. The largest absolute Gasteiger partial charge is 0.507 e. The normalized spacial score (nSPS) is 14.2. The summed E-state index contributed by atoms with van der Waals surface area (Å²) in [5.41, 5.74) is 1.55. The van der Waals surface area contributed by atoms with Crippen molar-refractivity contribution >= 4 is 44.9 Å². The van der Waals surface area contributed by atoms with Gasteiger partial charge >= 0.3 is 6.03 Å². The van der Waals surface area contributed by atoms with Crippen molar-refractivity contribution in [2.75, 3.05) is 27.7 Å². The van der Waals surface area contributed by atoms with Crippen LogP contribution in [0.3, 0.4) is 0 Å². The molecule has 1 fully saturated rings. The highest BCUT2D eigenvalue weighted by atomic mass is 32.2. The van der Waals surface area contributed by atoms with E-state index in [9.17, 15) is 27.9 Å². The van der Waals surface area contributed by atoms with Gasteiger partial charge in [0.05, 0.1) is 11.8 Å². The molecule has 11 heteroatoms. The maximum Gasteiger partial charge on any atom is 0.328 e. The molecule has 0 aromatic heterocycles. The van der Waals surface area contributed by atoms with Crippen LogP contribution in [0.2, 0.25) is 0 Å². The van der Waals surface area contributed by atoms with E-state index in [-0.39, 0.29) is 30.2 Å². The van der Waals surface area contributed by atoms with Crippen molar-refractivity contribution in [3.8, 4) is 5.75 Å². The zero-order valence-electron chi connectivity index (χ0n) is 16.9. The van der Waals surface area contributed by atoms with Gasteiger partial charge in [-0.1, -0.05) is 6.92 Å². The molecule has 4 N–H and O–H groups in total. The Kier molecular flexibility index (Phi) is 6.16. The second-order valence-electron chi connectivity index (χ2n) is 7.02. The fourth-order valence-corrected chi connectivity index (χ4v) is 3.69. The molecular weight excluding hydrogens is 424 g/mol. The first kappa shape index (κ1) is 22.1. The van der Waals surface area contributed by atoms with E-state index in [1.165, 1.54) is 35.2 Å². The van der Waals surface area contributed by atoms with Crippen molar-refractivity contribution in [3.05, 3.63) is 47.5 Å². The van der Waals surface area contributed by atoms with Crippen molar-refractivity contribution in [1.29, 1.82) is 0 Å². The standard InChI is InChI=1S/C20H22N4O6S/c1-3-12-10-15(24-9-8-17(25)22-20(24)28)11-16(18(12)26)19(27)21-13-4-6-14(7-5-13)23-31(2,29)30/h4-7,10-11,23,26H,3,8-9H2,1-2H3,(H,21,27)(H,22,25,28). The Bertz CT molecular complexity index is 1150. The molecule has 3 rings (SSSR count). The van der Waals surface area contributed by atoms with Gasteiger partial charge in [0.15, 0.2) is 0 Å². The number of benzene rings is 2. The van der Waals surface area contributed by atoms with Crippen LogP contribution >= 0.6 is 0 Å². The van der Waals surface area contributed by atoms with Crippen LogP contribution < -0.4 is 20.3 Å². The number of sulfonamides is 1. The summed E-state index contributed by atoms with van der Waals surface area (Å²) in [6, 6.07) is 8.39. The highest BCUT2D eigenvalue weighted by Crippen LogP contribution is 2.31. The van der Waals surface area contributed by atoms with Crippen LogP contribution in [0.1, 0.15) is 29.3 Å². The number of phenolic OH excluding ortho intramolecular Hbond substituents is 1. The summed E-state index contributed by atoms with van der Waals surface area (Å²) in [5.74, 6) is -1.18. The van der Waals surface area contributed by atoms with Gasteiger partial charge in [0, 0.05) is 30.0 Å². The number of imide groups is 1. The van der Waals surface area contributed by atoms with Gasteiger partial charge in [-0.15, -0.1) is 0 Å². The van der Waals surface area contributed by atoms with E-state index < -0.39 is 22.0 Å². The van der Waals surface area contributed by atoms with E-state index in [4.69, 9.17) is 0 Å². The van der Waals surface area contributed by atoms with Gasteiger partial charge in [0.2, 0.25) is 15.9 Å². The molecule has 31 heavy (non-hydrogen) atoms. The fourth-order valence-electron chi connectivity index (χ4n) is 3.12. The molecule has 0 bridgehead atoms. The van der Waals surface area contributed by atoms with Gasteiger partial charge in [-0.2, -0.15) is 0 Å². The van der Waals surface area contributed by atoms with Gasteiger partial charge in [-0.05, 0) is 48.4 Å². The summed E-state index contributed by atoms with van der Waals surface area (Å²) in [4.78, 5) is 37.7. The summed E-state index contributed by atoms with van der Waals surface area (Å²) >= 11 is 0. The molecule has 0 aliphatic carbocycles. The monoisotopic (exact) mass is 446 g/mol. The van der Waals surface area contributed by atoms with E-state index in [1.54, 1.807) is 13.0 Å². The third-order valence-electron chi connectivity index (χ3n) is 4.61. The molecule has 1 heterocycles. The summed E-state index contributed by atoms with van der Waals surface area (Å²) in [7, 11) is -3.42. The molecule has 1 aliphatic rings. The Hall–Kier alpha value is -3.60. The van der Waals surface area contributed by atoms with Gasteiger partial charge in [0.25, 0.3) is 5.91 Å². The van der Waals surface area contributed by atoms with Gasteiger partial charge in [-0.3, -0.25) is 24.5 Å². The van der Waals surface area contributed by atoms with Crippen LogP contribution in [-0.4, -0.2) is 44.2 Å². The molecule has 2 aromatic carbocycles. The average Bonchev–Trinajstić information content (AvgIpc) is 2.68. The second kappa shape index (κ2) is 8.64. The van der Waals surface area contributed by atoms with E-state index in [0.717, 1.165) is 6.26 Å². The lowest BCUT2D eigenvalue weighted by molar-refractivity contribution is -0.120. The number of aryl methyl sites for hydroxylation is 1. The minimum absolute atomic E-state index is 0.0302. The first-order chi connectivity index (χ1) is 14.6. The van der Waals surface area contributed by atoms with E-state index in [1.807, 2.05) is 0 Å². The Labute approximate surface area is 179 Å². The number of amides is 4. The lowest BCUT2D eigenvalue weighted by atomic mass is 10.0. The molecule has 0 unspecified atom stereocenters. The average molecular weight is 446 g/mol. The molecule has 0 saturated carbocycles. The number of anilines is 3. The van der Waals surface area contributed by atoms with Crippen LogP contribution in [0.15, 0.2) is 36.4 Å². The number of rotatable bonds is 6. The molecule has 1 aliphatic heterocycles. The highest BCUT2D eigenvalue weighted by molar-refractivity contribution is 7.92. The van der Waals surface area contributed by atoms with Gasteiger partial charge in [-0.25, -0.2) is 13.2 Å². The number of nitrogens with one attached hydrogen (secondary N) is 3. The summed E-state index contributed by atoms with van der Waals surface area (Å²) in [6.45, 7) is 1.96.